The van der Waals surface area contributed by atoms with Crippen LogP contribution in [0.1, 0.15) is 32.1 Å². The first-order valence-corrected chi connectivity index (χ1v) is 7.03. The lowest BCUT2D eigenvalue weighted by Crippen LogP contribution is -2.22. The van der Waals surface area contributed by atoms with Crippen LogP contribution in [0.3, 0.4) is 0 Å². The molecule has 110 valence electrons. The molecule has 1 aromatic carbocycles. The first-order valence-electron chi connectivity index (χ1n) is 7.03. The third-order valence-corrected chi connectivity index (χ3v) is 3.78. The fraction of sp³-hybridized carbons (Fsp3) is 0.462. The van der Waals surface area contributed by atoms with Gasteiger partial charge in [-0.05, 0) is 35.4 Å². The summed E-state index contributed by atoms with van der Waals surface area (Å²) in [6, 6.07) is 5.31. The van der Waals surface area contributed by atoms with E-state index in [2.05, 4.69) is 25.9 Å². The molecule has 0 atom stereocenters. The van der Waals surface area contributed by atoms with Crippen molar-refractivity contribution >= 4 is 11.4 Å². The van der Waals surface area contributed by atoms with Gasteiger partial charge in [-0.1, -0.05) is 19.3 Å². The van der Waals surface area contributed by atoms with Crippen molar-refractivity contribution in [2.45, 2.75) is 38.1 Å². The molecule has 8 heteroatoms. The number of nitro groups is 1. The van der Waals surface area contributed by atoms with E-state index in [1.807, 2.05) is 0 Å². The van der Waals surface area contributed by atoms with Crippen LogP contribution >= 0.6 is 0 Å². The van der Waals surface area contributed by atoms with Crippen molar-refractivity contribution in [1.82, 2.24) is 20.6 Å². The zero-order chi connectivity index (χ0) is 14.7. The Morgan fingerprint density at radius 2 is 2.10 bits per heavy atom. The summed E-state index contributed by atoms with van der Waals surface area (Å²) in [7, 11) is 0. The summed E-state index contributed by atoms with van der Waals surface area (Å²) in [6.45, 7) is 0. The van der Waals surface area contributed by atoms with Crippen LogP contribution < -0.4 is 5.32 Å². The van der Waals surface area contributed by atoms with Gasteiger partial charge in [-0.2, -0.15) is 0 Å². The third-order valence-electron chi connectivity index (χ3n) is 3.78. The standard InChI is InChI=1S/C13H16N6O2/c20-19(21)12-8-9(13-15-17-18-16-13)6-7-11(12)14-10-4-2-1-3-5-10/h6-8,10,14H,1-5H2,(H,15,16,17,18). The molecule has 21 heavy (non-hydrogen) atoms. The predicted octanol–water partition coefficient (Wildman–Crippen LogP) is 2.52. The number of hydrogen-bond donors (Lipinski definition) is 2. The summed E-state index contributed by atoms with van der Waals surface area (Å²) in [4.78, 5) is 10.9. The van der Waals surface area contributed by atoms with Crippen molar-refractivity contribution in [3.8, 4) is 11.4 Å². The molecule has 2 aromatic rings. The molecule has 0 radical (unpaired) electrons. The van der Waals surface area contributed by atoms with Gasteiger partial charge in [0.15, 0.2) is 5.82 Å². The Labute approximate surface area is 121 Å². The van der Waals surface area contributed by atoms with Crippen molar-refractivity contribution in [1.29, 1.82) is 0 Å². The van der Waals surface area contributed by atoms with Crippen LogP contribution in [0.5, 0.6) is 0 Å². The summed E-state index contributed by atoms with van der Waals surface area (Å²) < 4.78 is 0. The van der Waals surface area contributed by atoms with Crippen LogP contribution in [0.25, 0.3) is 11.4 Å². The van der Waals surface area contributed by atoms with E-state index < -0.39 is 0 Å². The van der Waals surface area contributed by atoms with Gasteiger partial charge < -0.3 is 5.32 Å². The monoisotopic (exact) mass is 288 g/mol. The molecule has 1 saturated carbocycles. The maximum absolute atomic E-state index is 11.3. The normalized spacial score (nSPS) is 15.8. The summed E-state index contributed by atoms with van der Waals surface area (Å²) in [6.07, 6.45) is 5.72. The fourth-order valence-corrected chi connectivity index (χ4v) is 2.70. The molecule has 0 amide bonds. The number of tetrazole rings is 1. The van der Waals surface area contributed by atoms with Crippen molar-refractivity contribution in [2.24, 2.45) is 0 Å². The Hall–Kier alpha value is -2.51. The van der Waals surface area contributed by atoms with Gasteiger partial charge in [0.2, 0.25) is 0 Å². The zero-order valence-corrected chi connectivity index (χ0v) is 11.5. The van der Waals surface area contributed by atoms with Crippen molar-refractivity contribution in [3.05, 3.63) is 28.3 Å². The number of nitrogens with zero attached hydrogens (tertiary/aromatic N) is 4. The Kier molecular flexibility index (Phi) is 3.76. The lowest BCUT2D eigenvalue weighted by atomic mass is 9.95. The minimum atomic E-state index is -0.377. The van der Waals surface area contributed by atoms with Crippen LogP contribution in [-0.2, 0) is 0 Å². The number of rotatable bonds is 4. The van der Waals surface area contributed by atoms with Crippen LogP contribution in [0, 0.1) is 10.1 Å². The molecule has 0 aliphatic heterocycles. The molecule has 0 bridgehead atoms. The van der Waals surface area contributed by atoms with Crippen LogP contribution in [0.4, 0.5) is 11.4 Å². The second-order valence-electron chi connectivity index (χ2n) is 5.22. The molecule has 3 rings (SSSR count). The van der Waals surface area contributed by atoms with E-state index in [4.69, 9.17) is 0 Å². The molecule has 1 heterocycles. The van der Waals surface area contributed by atoms with Gasteiger partial charge in [0, 0.05) is 17.7 Å². The van der Waals surface area contributed by atoms with E-state index in [0.717, 1.165) is 12.8 Å². The van der Waals surface area contributed by atoms with E-state index in [1.54, 1.807) is 12.1 Å². The highest BCUT2D eigenvalue weighted by Crippen LogP contribution is 2.31. The SMILES string of the molecule is O=[N+]([O-])c1cc(-c2nnn[nH]2)ccc1NC1CCCCC1. The zero-order valence-electron chi connectivity index (χ0n) is 11.5. The van der Waals surface area contributed by atoms with E-state index in [-0.39, 0.29) is 10.6 Å². The van der Waals surface area contributed by atoms with E-state index in [9.17, 15) is 10.1 Å². The van der Waals surface area contributed by atoms with Crippen molar-refractivity contribution in [2.75, 3.05) is 5.32 Å². The number of aromatic nitrogens is 4. The summed E-state index contributed by atoms with van der Waals surface area (Å²) in [5.74, 6) is 0.419. The molecule has 1 fully saturated rings. The second kappa shape index (κ2) is 5.86. The molecule has 0 unspecified atom stereocenters. The molecule has 0 saturated heterocycles. The van der Waals surface area contributed by atoms with Gasteiger partial charge in [0.25, 0.3) is 5.69 Å². The minimum absolute atomic E-state index is 0.0504. The van der Waals surface area contributed by atoms with Gasteiger partial charge in [0.1, 0.15) is 5.69 Å². The molecular formula is C13H16N6O2. The molecule has 1 aliphatic rings. The lowest BCUT2D eigenvalue weighted by Gasteiger charge is -2.23. The molecule has 0 spiro atoms. The topological polar surface area (TPSA) is 110 Å². The van der Waals surface area contributed by atoms with Gasteiger partial charge >= 0.3 is 0 Å². The van der Waals surface area contributed by atoms with Crippen LogP contribution in [0.15, 0.2) is 18.2 Å². The number of nitro benzene ring substituents is 1. The fourth-order valence-electron chi connectivity index (χ4n) is 2.70. The van der Waals surface area contributed by atoms with E-state index in [0.29, 0.717) is 23.1 Å². The van der Waals surface area contributed by atoms with E-state index in [1.165, 1.54) is 25.3 Å². The van der Waals surface area contributed by atoms with Gasteiger partial charge in [-0.25, -0.2) is 5.10 Å². The number of aromatic amines is 1. The first kappa shape index (κ1) is 13.5. The summed E-state index contributed by atoms with van der Waals surface area (Å²) in [5, 5.41) is 27.9. The predicted molar refractivity (Wildman–Crippen MR) is 76.8 cm³/mol. The first-order chi connectivity index (χ1) is 10.2. The van der Waals surface area contributed by atoms with Crippen molar-refractivity contribution < 1.29 is 4.92 Å². The smallest absolute Gasteiger partial charge is 0.293 e. The van der Waals surface area contributed by atoms with Gasteiger partial charge in [0.05, 0.1) is 4.92 Å². The van der Waals surface area contributed by atoms with Gasteiger partial charge in [-0.3, -0.25) is 10.1 Å². The van der Waals surface area contributed by atoms with Gasteiger partial charge in [-0.15, -0.1) is 5.10 Å². The molecular weight excluding hydrogens is 272 g/mol. The molecule has 1 aliphatic carbocycles. The number of H-pyrrole nitrogens is 1. The van der Waals surface area contributed by atoms with E-state index >= 15 is 0 Å². The summed E-state index contributed by atoms with van der Waals surface area (Å²) in [5.41, 5.74) is 1.21. The largest absolute Gasteiger partial charge is 0.377 e. The second-order valence-corrected chi connectivity index (χ2v) is 5.22. The number of benzene rings is 1. The average molecular weight is 288 g/mol. The quantitative estimate of drug-likeness (QED) is 0.660. The minimum Gasteiger partial charge on any atom is -0.377 e. The highest BCUT2D eigenvalue weighted by molar-refractivity contribution is 5.70. The third kappa shape index (κ3) is 2.99. The van der Waals surface area contributed by atoms with Crippen molar-refractivity contribution in [3.63, 3.8) is 0 Å². The number of hydrogen-bond acceptors (Lipinski definition) is 6. The maximum Gasteiger partial charge on any atom is 0.293 e. The summed E-state index contributed by atoms with van der Waals surface area (Å²) >= 11 is 0. The molecule has 1 aromatic heterocycles. The Morgan fingerprint density at radius 3 is 2.76 bits per heavy atom. The lowest BCUT2D eigenvalue weighted by molar-refractivity contribution is -0.383. The maximum atomic E-state index is 11.3. The average Bonchev–Trinajstić information content (AvgIpc) is 3.03. The number of anilines is 1. The highest BCUT2D eigenvalue weighted by atomic mass is 16.6. The van der Waals surface area contributed by atoms with Crippen LogP contribution in [0.2, 0.25) is 0 Å². The highest BCUT2D eigenvalue weighted by Gasteiger charge is 2.20. The van der Waals surface area contributed by atoms with Crippen LogP contribution in [-0.4, -0.2) is 31.6 Å². The Bertz CT molecular complexity index is 622. The number of nitrogens with one attached hydrogen (secondary N) is 2. The Morgan fingerprint density at radius 1 is 1.29 bits per heavy atom. The Balaban J connectivity index is 1.87. The molecule has 2 N–H and O–H groups in total. The molecule has 8 nitrogen and oxygen atoms in total.